The Labute approximate surface area is 184 Å². The number of rotatable bonds is 6. The molecule has 0 saturated carbocycles. The van der Waals surface area contributed by atoms with Gasteiger partial charge in [-0.3, -0.25) is 14.6 Å². The van der Waals surface area contributed by atoms with E-state index in [1.54, 1.807) is 31.4 Å². The van der Waals surface area contributed by atoms with Gasteiger partial charge in [-0.2, -0.15) is 0 Å². The highest BCUT2D eigenvalue weighted by Gasteiger charge is 2.29. The predicted molar refractivity (Wildman–Crippen MR) is 120 cm³/mol. The number of carbonyl (C=O) groups excluding carboxylic acids is 1. The van der Waals surface area contributed by atoms with E-state index in [2.05, 4.69) is 15.2 Å². The molecule has 4 rings (SSSR count). The quantitative estimate of drug-likeness (QED) is 0.593. The molecule has 0 aliphatic carbocycles. The smallest absolute Gasteiger partial charge is 0.278 e. The molecule has 2 heterocycles. The maximum atomic E-state index is 13.3. The van der Waals surface area contributed by atoms with E-state index in [0.29, 0.717) is 16.5 Å². The number of amides is 1. The minimum atomic E-state index is -0.490. The van der Waals surface area contributed by atoms with Crippen LogP contribution in [0.5, 0.6) is 5.75 Å². The molecule has 0 bridgehead atoms. The van der Waals surface area contributed by atoms with Gasteiger partial charge in [0.05, 0.1) is 7.11 Å². The number of carbonyl (C=O) groups is 1. The number of thioether (sulfide) groups is 1. The Hall–Kier alpha value is -3.13. The Morgan fingerprint density at radius 2 is 1.74 bits per heavy atom. The van der Waals surface area contributed by atoms with Gasteiger partial charge in [0.2, 0.25) is 5.91 Å². The van der Waals surface area contributed by atoms with E-state index >= 15 is 0 Å². The molecular formula is C23H24N4O3S. The van der Waals surface area contributed by atoms with E-state index in [-0.39, 0.29) is 17.2 Å². The molecule has 31 heavy (non-hydrogen) atoms. The van der Waals surface area contributed by atoms with Crippen molar-refractivity contribution in [2.45, 2.75) is 29.7 Å². The van der Waals surface area contributed by atoms with Gasteiger partial charge < -0.3 is 9.64 Å². The number of ether oxygens (including phenoxy) is 1. The van der Waals surface area contributed by atoms with Gasteiger partial charge in [0, 0.05) is 18.7 Å². The van der Waals surface area contributed by atoms with Gasteiger partial charge in [-0.05, 0) is 49.1 Å². The molecule has 1 aliphatic heterocycles. The molecule has 3 aromatic rings. The summed E-state index contributed by atoms with van der Waals surface area (Å²) in [5.74, 6) is 0.736. The van der Waals surface area contributed by atoms with Gasteiger partial charge >= 0.3 is 0 Å². The third-order valence-electron chi connectivity index (χ3n) is 5.26. The van der Waals surface area contributed by atoms with Crippen LogP contribution in [0, 0.1) is 0 Å². The molecule has 2 aromatic carbocycles. The van der Waals surface area contributed by atoms with Crippen molar-refractivity contribution in [1.29, 1.82) is 0 Å². The van der Waals surface area contributed by atoms with Crippen LogP contribution in [0.2, 0.25) is 0 Å². The van der Waals surface area contributed by atoms with Crippen LogP contribution in [0.1, 0.15) is 30.1 Å². The Morgan fingerprint density at radius 1 is 1.03 bits per heavy atom. The third kappa shape index (κ3) is 4.96. The van der Waals surface area contributed by atoms with E-state index in [4.69, 9.17) is 4.74 Å². The van der Waals surface area contributed by atoms with E-state index < -0.39 is 5.25 Å². The van der Waals surface area contributed by atoms with Crippen LogP contribution in [0.4, 0.5) is 0 Å². The molecule has 1 aromatic heterocycles. The molecule has 0 spiro atoms. The summed E-state index contributed by atoms with van der Waals surface area (Å²) in [6, 6.07) is 16.6. The maximum Gasteiger partial charge on any atom is 0.278 e. The summed E-state index contributed by atoms with van der Waals surface area (Å²) in [5, 5.41) is 8.18. The lowest BCUT2D eigenvalue weighted by atomic mass is 10.1. The van der Waals surface area contributed by atoms with Crippen molar-refractivity contribution in [1.82, 2.24) is 20.1 Å². The summed E-state index contributed by atoms with van der Waals surface area (Å²) in [6.07, 6.45) is 3.19. The summed E-state index contributed by atoms with van der Waals surface area (Å²) in [6.45, 7) is 1.53. The number of piperidine rings is 1. The van der Waals surface area contributed by atoms with E-state index in [1.165, 1.54) is 11.8 Å². The Morgan fingerprint density at radius 3 is 2.39 bits per heavy atom. The number of hydrogen-bond acceptors (Lipinski definition) is 6. The summed E-state index contributed by atoms with van der Waals surface area (Å²) in [4.78, 5) is 30.7. The number of H-pyrrole nitrogens is 1. The largest absolute Gasteiger partial charge is 0.497 e. The number of likely N-dealkylation sites (tertiary alicyclic amines) is 1. The summed E-state index contributed by atoms with van der Waals surface area (Å²) >= 11 is 1.23. The molecule has 0 radical (unpaired) electrons. The first kappa shape index (κ1) is 21.1. The molecule has 0 unspecified atom stereocenters. The van der Waals surface area contributed by atoms with Crippen LogP contribution >= 0.6 is 11.8 Å². The summed E-state index contributed by atoms with van der Waals surface area (Å²) in [5.41, 5.74) is 1.41. The highest BCUT2D eigenvalue weighted by atomic mass is 32.2. The Bertz CT molecular complexity index is 1080. The van der Waals surface area contributed by atoms with Gasteiger partial charge in [0.1, 0.15) is 11.0 Å². The SMILES string of the molecule is COc1ccc(-c2nnc(S[C@H](C(=O)N3CCCCC3)c3ccccc3)[nH]c2=O)cc1. The summed E-state index contributed by atoms with van der Waals surface area (Å²) in [7, 11) is 1.59. The number of hydrogen-bond donors (Lipinski definition) is 1. The minimum absolute atomic E-state index is 0.0396. The molecule has 1 amide bonds. The first-order valence-corrected chi connectivity index (χ1v) is 11.2. The average molecular weight is 437 g/mol. The number of nitrogens with one attached hydrogen (secondary N) is 1. The molecule has 1 atom stereocenters. The van der Waals surface area contributed by atoms with Crippen molar-refractivity contribution in [2.75, 3.05) is 20.2 Å². The van der Waals surface area contributed by atoms with Crippen molar-refractivity contribution in [3.05, 3.63) is 70.5 Å². The van der Waals surface area contributed by atoms with Crippen LogP contribution in [-0.2, 0) is 4.79 Å². The topological polar surface area (TPSA) is 88.2 Å². The lowest BCUT2D eigenvalue weighted by Gasteiger charge is -2.30. The van der Waals surface area contributed by atoms with Gasteiger partial charge in [0.15, 0.2) is 10.9 Å². The Balaban J connectivity index is 1.59. The molecule has 160 valence electrons. The van der Waals surface area contributed by atoms with Gasteiger partial charge in [-0.25, -0.2) is 0 Å². The second kappa shape index (κ2) is 9.78. The number of methoxy groups -OCH3 is 1. The molecule has 7 nitrogen and oxygen atoms in total. The molecule has 1 fully saturated rings. The summed E-state index contributed by atoms with van der Waals surface area (Å²) < 4.78 is 5.15. The zero-order chi connectivity index (χ0) is 21.6. The fraction of sp³-hybridized carbons (Fsp3) is 0.304. The predicted octanol–water partition coefficient (Wildman–Crippen LogP) is 3.69. The van der Waals surface area contributed by atoms with E-state index in [9.17, 15) is 9.59 Å². The number of aromatic amines is 1. The monoisotopic (exact) mass is 436 g/mol. The van der Waals surface area contributed by atoms with Crippen molar-refractivity contribution < 1.29 is 9.53 Å². The van der Waals surface area contributed by atoms with Crippen molar-refractivity contribution in [2.24, 2.45) is 0 Å². The van der Waals surface area contributed by atoms with Crippen LogP contribution in [0.25, 0.3) is 11.3 Å². The van der Waals surface area contributed by atoms with Crippen LogP contribution in [-0.4, -0.2) is 46.2 Å². The highest BCUT2D eigenvalue weighted by Crippen LogP contribution is 2.35. The zero-order valence-corrected chi connectivity index (χ0v) is 18.1. The second-order valence-corrected chi connectivity index (χ2v) is 8.42. The van der Waals surface area contributed by atoms with Crippen LogP contribution < -0.4 is 10.3 Å². The molecule has 1 N–H and O–H groups in total. The fourth-order valence-corrected chi connectivity index (χ4v) is 4.60. The minimum Gasteiger partial charge on any atom is -0.497 e. The maximum absolute atomic E-state index is 13.3. The van der Waals surface area contributed by atoms with Gasteiger partial charge in [0.25, 0.3) is 5.56 Å². The zero-order valence-electron chi connectivity index (χ0n) is 17.3. The van der Waals surface area contributed by atoms with Crippen molar-refractivity contribution in [3.63, 3.8) is 0 Å². The highest BCUT2D eigenvalue weighted by molar-refractivity contribution is 8.00. The van der Waals surface area contributed by atoms with Crippen molar-refractivity contribution in [3.8, 4) is 17.0 Å². The third-order valence-corrected chi connectivity index (χ3v) is 6.38. The number of nitrogens with zero attached hydrogens (tertiary/aromatic N) is 3. The lowest BCUT2D eigenvalue weighted by Crippen LogP contribution is -2.38. The standard InChI is InChI=1S/C23H24N4O3S/c1-30-18-12-10-16(11-13-18)19-21(28)24-23(26-25-19)31-20(17-8-4-2-5-9-17)22(29)27-14-6-3-7-15-27/h2,4-5,8-13,20H,3,6-7,14-15H2,1H3,(H,24,26,28)/t20-/m0/s1. The van der Waals surface area contributed by atoms with Crippen LogP contribution in [0.15, 0.2) is 64.5 Å². The fourth-order valence-electron chi connectivity index (χ4n) is 3.59. The number of benzene rings is 2. The normalized spacial score (nSPS) is 14.8. The average Bonchev–Trinajstić information content (AvgIpc) is 2.83. The van der Waals surface area contributed by atoms with Gasteiger partial charge in [-0.1, -0.05) is 42.1 Å². The van der Waals surface area contributed by atoms with Gasteiger partial charge in [-0.15, -0.1) is 10.2 Å². The number of aromatic nitrogens is 3. The first-order valence-electron chi connectivity index (χ1n) is 10.3. The molecule has 1 saturated heterocycles. The van der Waals surface area contributed by atoms with E-state index in [0.717, 1.165) is 37.9 Å². The lowest BCUT2D eigenvalue weighted by molar-refractivity contribution is -0.131. The Kier molecular flexibility index (Phi) is 6.66. The van der Waals surface area contributed by atoms with Crippen LogP contribution in [0.3, 0.4) is 0 Å². The molecule has 1 aliphatic rings. The molecule has 8 heteroatoms. The van der Waals surface area contributed by atoms with E-state index in [1.807, 2.05) is 35.2 Å². The molecular weight excluding hydrogens is 412 g/mol. The van der Waals surface area contributed by atoms with Crippen molar-refractivity contribution >= 4 is 17.7 Å². The first-order chi connectivity index (χ1) is 15.2. The second-order valence-electron chi connectivity index (χ2n) is 7.33.